The van der Waals surface area contributed by atoms with E-state index in [0.717, 1.165) is 42.7 Å². The summed E-state index contributed by atoms with van der Waals surface area (Å²) in [5, 5.41) is 0. The molecule has 0 saturated carbocycles. The molecule has 2 N–H and O–H groups in total. The summed E-state index contributed by atoms with van der Waals surface area (Å²) in [6.07, 6.45) is 6.75. The van der Waals surface area contributed by atoms with Crippen LogP contribution in [0.5, 0.6) is 0 Å². The van der Waals surface area contributed by atoms with Gasteiger partial charge in [-0.15, -0.1) is 0 Å². The third kappa shape index (κ3) is 1.99. The van der Waals surface area contributed by atoms with E-state index in [1.165, 1.54) is 0 Å². The molecule has 0 saturated heterocycles. The summed E-state index contributed by atoms with van der Waals surface area (Å²) in [6.45, 7) is 0.755. The van der Waals surface area contributed by atoms with Crippen molar-refractivity contribution in [3.63, 3.8) is 0 Å². The van der Waals surface area contributed by atoms with Gasteiger partial charge in [-0.3, -0.25) is 4.98 Å². The summed E-state index contributed by atoms with van der Waals surface area (Å²) in [4.78, 5) is 8.61. The van der Waals surface area contributed by atoms with Gasteiger partial charge in [0.05, 0.1) is 11.7 Å². The monoisotopic (exact) mass is 204 g/mol. The van der Waals surface area contributed by atoms with Crippen molar-refractivity contribution in [3.8, 4) is 0 Å². The van der Waals surface area contributed by atoms with Gasteiger partial charge in [-0.05, 0) is 25.5 Å². The van der Waals surface area contributed by atoms with Crippen LogP contribution in [0.1, 0.15) is 18.7 Å². The summed E-state index contributed by atoms with van der Waals surface area (Å²) < 4.78 is 2.13. The van der Waals surface area contributed by atoms with Crippen LogP contribution < -0.4 is 5.73 Å². The number of fused-ring (bicyclic) bond motifs is 1. The fourth-order valence-electron chi connectivity index (χ4n) is 1.75. The van der Waals surface area contributed by atoms with Crippen molar-refractivity contribution in [2.24, 2.45) is 12.8 Å². The molecule has 2 heterocycles. The molecule has 0 fully saturated rings. The lowest BCUT2D eigenvalue weighted by atomic mass is 10.2. The zero-order valence-electron chi connectivity index (χ0n) is 8.98. The van der Waals surface area contributed by atoms with Crippen molar-refractivity contribution in [2.75, 3.05) is 6.54 Å². The first kappa shape index (κ1) is 10.1. The molecular weight excluding hydrogens is 188 g/mol. The molecule has 0 aliphatic rings. The summed E-state index contributed by atoms with van der Waals surface area (Å²) >= 11 is 0. The summed E-state index contributed by atoms with van der Waals surface area (Å²) in [5.74, 6) is 1.12. The van der Waals surface area contributed by atoms with Crippen molar-refractivity contribution >= 4 is 11.0 Å². The molecular formula is C11H16N4. The van der Waals surface area contributed by atoms with E-state index >= 15 is 0 Å². The molecule has 0 spiro atoms. The van der Waals surface area contributed by atoms with Gasteiger partial charge in [0.1, 0.15) is 11.3 Å². The molecule has 0 atom stereocenters. The van der Waals surface area contributed by atoms with Crippen molar-refractivity contribution < 1.29 is 0 Å². The largest absolute Gasteiger partial charge is 0.331 e. The lowest BCUT2D eigenvalue weighted by Gasteiger charge is -2.00. The van der Waals surface area contributed by atoms with Crippen LogP contribution in [0.25, 0.3) is 11.0 Å². The smallest absolute Gasteiger partial charge is 0.109 e. The number of rotatable bonds is 4. The van der Waals surface area contributed by atoms with Crippen LogP contribution >= 0.6 is 0 Å². The van der Waals surface area contributed by atoms with Crippen LogP contribution in [0, 0.1) is 0 Å². The first-order chi connectivity index (χ1) is 7.33. The van der Waals surface area contributed by atoms with Gasteiger partial charge in [-0.25, -0.2) is 4.98 Å². The van der Waals surface area contributed by atoms with E-state index in [1.807, 2.05) is 19.3 Å². The molecule has 0 aromatic carbocycles. The van der Waals surface area contributed by atoms with Gasteiger partial charge >= 0.3 is 0 Å². The maximum absolute atomic E-state index is 5.47. The number of aromatic nitrogens is 3. The number of hydrogen-bond donors (Lipinski definition) is 1. The van der Waals surface area contributed by atoms with Crippen molar-refractivity contribution in [1.82, 2.24) is 14.5 Å². The average Bonchev–Trinajstić information content (AvgIpc) is 2.57. The van der Waals surface area contributed by atoms with Crippen LogP contribution in [-0.2, 0) is 13.5 Å². The molecule has 4 nitrogen and oxygen atoms in total. The van der Waals surface area contributed by atoms with E-state index < -0.39 is 0 Å². The Bertz CT molecular complexity index is 447. The van der Waals surface area contributed by atoms with Gasteiger partial charge in [0.15, 0.2) is 0 Å². The molecule has 2 aromatic rings. The number of unbranched alkanes of at least 4 members (excludes halogenated alkanes) is 1. The highest BCUT2D eigenvalue weighted by atomic mass is 15.1. The molecule has 0 aliphatic heterocycles. The van der Waals surface area contributed by atoms with Crippen molar-refractivity contribution in [3.05, 3.63) is 24.3 Å². The Morgan fingerprint density at radius 2 is 2.27 bits per heavy atom. The van der Waals surface area contributed by atoms with Gasteiger partial charge in [0.25, 0.3) is 0 Å². The number of nitrogens with zero attached hydrogens (tertiary/aromatic N) is 3. The fourth-order valence-corrected chi connectivity index (χ4v) is 1.75. The second-order valence-electron chi connectivity index (χ2n) is 3.70. The van der Waals surface area contributed by atoms with Gasteiger partial charge in [-0.1, -0.05) is 0 Å². The van der Waals surface area contributed by atoms with Gasteiger partial charge in [-0.2, -0.15) is 0 Å². The Kier molecular flexibility index (Phi) is 2.97. The highest BCUT2D eigenvalue weighted by Gasteiger charge is 2.06. The normalized spacial score (nSPS) is 11.1. The minimum Gasteiger partial charge on any atom is -0.331 e. The number of nitrogens with two attached hydrogens (primary N) is 1. The van der Waals surface area contributed by atoms with Crippen LogP contribution in [0.15, 0.2) is 18.5 Å². The molecule has 80 valence electrons. The molecule has 0 amide bonds. The van der Waals surface area contributed by atoms with Crippen LogP contribution in [-0.4, -0.2) is 21.1 Å². The average molecular weight is 204 g/mol. The Hall–Kier alpha value is -1.42. The molecule has 2 aromatic heterocycles. The standard InChI is InChI=1S/C11H16N4/c1-15-10-5-7-13-8-9(10)14-11(15)4-2-3-6-12/h5,7-8H,2-4,6,12H2,1H3. The zero-order valence-corrected chi connectivity index (χ0v) is 8.98. The van der Waals surface area contributed by atoms with E-state index in [0.29, 0.717) is 0 Å². The topological polar surface area (TPSA) is 56.7 Å². The molecule has 15 heavy (non-hydrogen) atoms. The Balaban J connectivity index is 2.24. The third-order valence-corrected chi connectivity index (χ3v) is 2.63. The second kappa shape index (κ2) is 4.40. The van der Waals surface area contributed by atoms with Gasteiger partial charge in [0.2, 0.25) is 0 Å². The van der Waals surface area contributed by atoms with Gasteiger partial charge < -0.3 is 10.3 Å². The SMILES string of the molecule is Cn1c(CCCCN)nc2cnccc21. The number of imidazole rings is 1. The maximum Gasteiger partial charge on any atom is 0.109 e. The molecule has 0 bridgehead atoms. The summed E-state index contributed by atoms with van der Waals surface area (Å²) in [5.41, 5.74) is 7.59. The Morgan fingerprint density at radius 1 is 1.40 bits per heavy atom. The quantitative estimate of drug-likeness (QED) is 0.762. The molecule has 2 rings (SSSR count). The highest BCUT2D eigenvalue weighted by Crippen LogP contribution is 2.14. The minimum atomic E-state index is 0.755. The second-order valence-corrected chi connectivity index (χ2v) is 3.70. The summed E-state index contributed by atoms with van der Waals surface area (Å²) in [7, 11) is 2.05. The predicted molar refractivity (Wildman–Crippen MR) is 60.5 cm³/mol. The number of pyridine rings is 1. The minimum absolute atomic E-state index is 0.755. The van der Waals surface area contributed by atoms with Crippen LogP contribution in [0.4, 0.5) is 0 Å². The van der Waals surface area contributed by atoms with E-state index in [-0.39, 0.29) is 0 Å². The Labute approximate surface area is 89.1 Å². The lowest BCUT2D eigenvalue weighted by Crippen LogP contribution is -2.02. The zero-order chi connectivity index (χ0) is 10.7. The van der Waals surface area contributed by atoms with Crippen molar-refractivity contribution in [1.29, 1.82) is 0 Å². The molecule has 0 aliphatic carbocycles. The lowest BCUT2D eigenvalue weighted by molar-refractivity contribution is 0.694. The first-order valence-electron chi connectivity index (χ1n) is 5.28. The molecule has 4 heteroatoms. The van der Waals surface area contributed by atoms with E-state index in [1.54, 1.807) is 6.20 Å². The van der Waals surface area contributed by atoms with Crippen LogP contribution in [0.2, 0.25) is 0 Å². The molecule has 0 unspecified atom stereocenters. The third-order valence-electron chi connectivity index (χ3n) is 2.63. The van der Waals surface area contributed by atoms with E-state index in [2.05, 4.69) is 14.5 Å². The van der Waals surface area contributed by atoms with Crippen LogP contribution in [0.3, 0.4) is 0 Å². The van der Waals surface area contributed by atoms with Gasteiger partial charge in [0, 0.05) is 19.7 Å². The fraction of sp³-hybridized carbons (Fsp3) is 0.455. The Morgan fingerprint density at radius 3 is 3.00 bits per heavy atom. The number of aryl methyl sites for hydroxylation is 2. The molecule has 0 radical (unpaired) electrons. The first-order valence-corrected chi connectivity index (χ1v) is 5.28. The summed E-state index contributed by atoms with van der Waals surface area (Å²) in [6, 6.07) is 1.99. The predicted octanol–water partition coefficient (Wildman–Crippen LogP) is 1.25. The highest BCUT2D eigenvalue weighted by molar-refractivity contribution is 5.74. The van der Waals surface area contributed by atoms with E-state index in [9.17, 15) is 0 Å². The van der Waals surface area contributed by atoms with E-state index in [4.69, 9.17) is 5.73 Å². The number of hydrogen-bond acceptors (Lipinski definition) is 3. The maximum atomic E-state index is 5.47. The van der Waals surface area contributed by atoms with Crippen molar-refractivity contribution in [2.45, 2.75) is 19.3 Å².